The standard InChI is InChI=1S/C14H26N2O3/c1-4-14(2,3)6-5-12(11-17)15-13(18)16-7-9-19-10-8-16/h11-12H,4-10H2,1-3H3,(H,15,18). The first-order valence-corrected chi connectivity index (χ1v) is 7.07. The minimum Gasteiger partial charge on any atom is -0.378 e. The molecule has 1 heterocycles. The highest BCUT2D eigenvalue weighted by Gasteiger charge is 2.22. The van der Waals surface area contributed by atoms with Gasteiger partial charge in [-0.1, -0.05) is 27.2 Å². The van der Waals surface area contributed by atoms with Gasteiger partial charge >= 0.3 is 6.03 Å². The van der Waals surface area contributed by atoms with Crippen molar-refractivity contribution in [1.29, 1.82) is 0 Å². The van der Waals surface area contributed by atoms with Crippen LogP contribution in [0, 0.1) is 5.41 Å². The van der Waals surface area contributed by atoms with Gasteiger partial charge in [0.2, 0.25) is 0 Å². The van der Waals surface area contributed by atoms with E-state index >= 15 is 0 Å². The maximum absolute atomic E-state index is 12.0. The molecule has 1 aliphatic heterocycles. The van der Waals surface area contributed by atoms with E-state index in [9.17, 15) is 9.59 Å². The molecule has 0 aromatic carbocycles. The number of rotatable bonds is 6. The Morgan fingerprint density at radius 1 is 1.42 bits per heavy atom. The zero-order valence-electron chi connectivity index (χ0n) is 12.3. The minimum atomic E-state index is -0.388. The first-order chi connectivity index (χ1) is 8.98. The van der Waals surface area contributed by atoms with Gasteiger partial charge in [-0.2, -0.15) is 0 Å². The molecular formula is C14H26N2O3. The Morgan fingerprint density at radius 2 is 2.05 bits per heavy atom. The molecule has 1 unspecified atom stereocenters. The molecule has 1 atom stereocenters. The van der Waals surface area contributed by atoms with Crippen LogP contribution >= 0.6 is 0 Å². The number of carbonyl (C=O) groups is 2. The van der Waals surface area contributed by atoms with E-state index in [0.29, 0.717) is 32.7 Å². The highest BCUT2D eigenvalue weighted by Crippen LogP contribution is 2.26. The van der Waals surface area contributed by atoms with Gasteiger partial charge in [0.15, 0.2) is 0 Å². The molecular weight excluding hydrogens is 244 g/mol. The van der Waals surface area contributed by atoms with Gasteiger partial charge in [-0.3, -0.25) is 0 Å². The number of hydrogen-bond acceptors (Lipinski definition) is 3. The van der Waals surface area contributed by atoms with Crippen molar-refractivity contribution in [3.8, 4) is 0 Å². The summed E-state index contributed by atoms with van der Waals surface area (Å²) in [6.07, 6.45) is 3.52. The van der Waals surface area contributed by atoms with E-state index in [4.69, 9.17) is 4.74 Å². The first-order valence-electron chi connectivity index (χ1n) is 7.07. The molecule has 0 saturated carbocycles. The maximum atomic E-state index is 12.0. The van der Waals surface area contributed by atoms with Crippen molar-refractivity contribution < 1.29 is 14.3 Å². The summed E-state index contributed by atoms with van der Waals surface area (Å²) in [7, 11) is 0. The van der Waals surface area contributed by atoms with Crippen LogP contribution in [-0.2, 0) is 9.53 Å². The van der Waals surface area contributed by atoms with E-state index in [1.165, 1.54) is 0 Å². The van der Waals surface area contributed by atoms with Crippen LogP contribution in [0.2, 0.25) is 0 Å². The predicted octanol–water partition coefficient (Wildman–Crippen LogP) is 1.81. The summed E-state index contributed by atoms with van der Waals surface area (Å²) in [6, 6.07) is -0.545. The van der Waals surface area contributed by atoms with Crippen LogP contribution in [0.3, 0.4) is 0 Å². The zero-order chi connectivity index (χ0) is 14.3. The summed E-state index contributed by atoms with van der Waals surface area (Å²) in [6.45, 7) is 8.83. The van der Waals surface area contributed by atoms with Crippen LogP contribution < -0.4 is 5.32 Å². The molecule has 1 rings (SSSR count). The molecule has 1 fully saturated rings. The largest absolute Gasteiger partial charge is 0.378 e. The van der Waals surface area contributed by atoms with Crippen LogP contribution in [0.4, 0.5) is 4.79 Å². The monoisotopic (exact) mass is 270 g/mol. The lowest BCUT2D eigenvalue weighted by Gasteiger charge is -2.29. The topological polar surface area (TPSA) is 58.6 Å². The molecule has 110 valence electrons. The summed E-state index contributed by atoms with van der Waals surface area (Å²) >= 11 is 0. The predicted molar refractivity (Wildman–Crippen MR) is 74.1 cm³/mol. The molecule has 0 radical (unpaired) electrons. The number of aldehydes is 1. The SMILES string of the molecule is CCC(C)(C)CCC(C=O)NC(=O)N1CCOCC1. The van der Waals surface area contributed by atoms with Crippen molar-refractivity contribution in [3.05, 3.63) is 0 Å². The third-order valence-electron chi connectivity index (χ3n) is 3.86. The van der Waals surface area contributed by atoms with Gasteiger partial charge < -0.3 is 19.7 Å². The van der Waals surface area contributed by atoms with Crippen molar-refractivity contribution in [2.75, 3.05) is 26.3 Å². The Kier molecular flexibility index (Phi) is 6.28. The summed E-state index contributed by atoms with van der Waals surface area (Å²) in [4.78, 5) is 24.7. The molecule has 0 aromatic rings. The lowest BCUT2D eigenvalue weighted by atomic mass is 9.84. The van der Waals surface area contributed by atoms with E-state index in [1.54, 1.807) is 4.90 Å². The number of nitrogens with one attached hydrogen (secondary N) is 1. The fourth-order valence-electron chi connectivity index (χ4n) is 1.91. The molecule has 1 N–H and O–H groups in total. The minimum absolute atomic E-state index is 0.158. The van der Waals surface area contributed by atoms with Crippen molar-refractivity contribution in [1.82, 2.24) is 10.2 Å². The molecule has 5 heteroatoms. The second-order valence-electron chi connectivity index (χ2n) is 5.85. The van der Waals surface area contributed by atoms with Crippen molar-refractivity contribution in [2.45, 2.75) is 46.1 Å². The van der Waals surface area contributed by atoms with E-state index in [2.05, 4.69) is 26.1 Å². The van der Waals surface area contributed by atoms with Crippen molar-refractivity contribution in [3.63, 3.8) is 0 Å². The molecule has 19 heavy (non-hydrogen) atoms. The Balaban J connectivity index is 2.38. The highest BCUT2D eigenvalue weighted by atomic mass is 16.5. The highest BCUT2D eigenvalue weighted by molar-refractivity contribution is 5.78. The van der Waals surface area contributed by atoms with E-state index in [-0.39, 0.29) is 17.5 Å². The van der Waals surface area contributed by atoms with E-state index in [0.717, 1.165) is 19.1 Å². The fraction of sp³-hybridized carbons (Fsp3) is 0.857. The number of ether oxygens (including phenoxy) is 1. The van der Waals surface area contributed by atoms with Crippen molar-refractivity contribution >= 4 is 12.3 Å². The van der Waals surface area contributed by atoms with Crippen LogP contribution in [-0.4, -0.2) is 49.6 Å². The second-order valence-corrected chi connectivity index (χ2v) is 5.85. The summed E-state index contributed by atoms with van der Waals surface area (Å²) < 4.78 is 5.20. The number of nitrogens with zero attached hydrogens (tertiary/aromatic N) is 1. The molecule has 0 aliphatic carbocycles. The van der Waals surface area contributed by atoms with Crippen LogP contribution in [0.5, 0.6) is 0 Å². The molecule has 0 bridgehead atoms. The molecule has 2 amide bonds. The summed E-state index contributed by atoms with van der Waals surface area (Å²) in [5.74, 6) is 0. The molecule has 1 saturated heterocycles. The average molecular weight is 270 g/mol. The Hall–Kier alpha value is -1.10. The second kappa shape index (κ2) is 7.48. The lowest BCUT2D eigenvalue weighted by molar-refractivity contribution is -0.109. The van der Waals surface area contributed by atoms with Gasteiger partial charge in [-0.25, -0.2) is 4.79 Å². The number of carbonyl (C=O) groups excluding carboxylic acids is 2. The van der Waals surface area contributed by atoms with Gasteiger partial charge in [0.25, 0.3) is 0 Å². The van der Waals surface area contributed by atoms with E-state index < -0.39 is 0 Å². The zero-order valence-corrected chi connectivity index (χ0v) is 12.3. The summed E-state index contributed by atoms with van der Waals surface area (Å²) in [5, 5.41) is 2.80. The van der Waals surface area contributed by atoms with Gasteiger partial charge in [0.05, 0.1) is 19.3 Å². The lowest BCUT2D eigenvalue weighted by Crippen LogP contribution is -2.49. The Morgan fingerprint density at radius 3 is 2.58 bits per heavy atom. The molecule has 1 aliphatic rings. The molecule has 5 nitrogen and oxygen atoms in total. The Labute approximate surface area is 115 Å². The number of hydrogen-bond donors (Lipinski definition) is 1. The van der Waals surface area contributed by atoms with Gasteiger partial charge in [-0.05, 0) is 18.3 Å². The number of morpholine rings is 1. The Bertz CT molecular complexity index is 299. The normalized spacial score (nSPS) is 17.9. The number of urea groups is 1. The average Bonchev–Trinajstić information content (AvgIpc) is 2.44. The van der Waals surface area contributed by atoms with E-state index in [1.807, 2.05) is 0 Å². The van der Waals surface area contributed by atoms with Gasteiger partial charge in [-0.15, -0.1) is 0 Å². The molecule has 0 aromatic heterocycles. The fourth-order valence-corrected chi connectivity index (χ4v) is 1.91. The summed E-state index contributed by atoms with van der Waals surface area (Å²) in [5.41, 5.74) is 0.213. The smallest absolute Gasteiger partial charge is 0.318 e. The van der Waals surface area contributed by atoms with Crippen LogP contribution in [0.15, 0.2) is 0 Å². The van der Waals surface area contributed by atoms with Gasteiger partial charge in [0, 0.05) is 13.1 Å². The van der Waals surface area contributed by atoms with Gasteiger partial charge in [0.1, 0.15) is 6.29 Å². The molecule has 0 spiro atoms. The quantitative estimate of drug-likeness (QED) is 0.749. The van der Waals surface area contributed by atoms with Crippen LogP contribution in [0.1, 0.15) is 40.0 Å². The number of amides is 2. The third kappa shape index (κ3) is 5.59. The maximum Gasteiger partial charge on any atom is 0.318 e. The first kappa shape index (κ1) is 16.0. The van der Waals surface area contributed by atoms with Crippen LogP contribution in [0.25, 0.3) is 0 Å². The third-order valence-corrected chi connectivity index (χ3v) is 3.86. The van der Waals surface area contributed by atoms with Crippen molar-refractivity contribution in [2.24, 2.45) is 5.41 Å².